The van der Waals surface area contributed by atoms with Gasteiger partial charge in [-0.2, -0.15) is 0 Å². The van der Waals surface area contributed by atoms with Gasteiger partial charge in [0.25, 0.3) is 0 Å². The molecule has 16 heavy (non-hydrogen) atoms. The van der Waals surface area contributed by atoms with Crippen LogP contribution in [0.2, 0.25) is 0 Å². The van der Waals surface area contributed by atoms with Crippen LogP contribution in [0.25, 0.3) is 5.76 Å². The molecule has 0 saturated carbocycles. The molecule has 0 aliphatic heterocycles. The molecule has 84 valence electrons. The van der Waals surface area contributed by atoms with E-state index in [0.717, 1.165) is 0 Å². The van der Waals surface area contributed by atoms with E-state index < -0.39 is 51.0 Å². The number of ketones is 1. The lowest BCUT2D eigenvalue weighted by atomic mass is 10.1. The quantitative estimate of drug-likeness (QED) is 0.438. The topological polar surface area (TPSA) is 37.3 Å². The highest BCUT2D eigenvalue weighted by Gasteiger charge is 2.38. The normalized spacial score (nSPS) is 14.7. The van der Waals surface area contributed by atoms with E-state index in [1.165, 1.54) is 0 Å². The second-order valence-electron chi connectivity index (χ2n) is 3.00. The van der Waals surface area contributed by atoms with Crippen molar-refractivity contribution >= 4 is 23.1 Å². The lowest BCUT2D eigenvalue weighted by molar-refractivity contribution is 0.104. The Morgan fingerprint density at radius 2 is 1.31 bits per heavy atom. The summed E-state index contributed by atoms with van der Waals surface area (Å²) in [6.07, 6.45) is 0. The molecule has 2 rings (SSSR count). The Balaban J connectivity index is 2.94. The summed E-state index contributed by atoms with van der Waals surface area (Å²) in [5.41, 5.74) is -2.15. The molecule has 0 fully saturated rings. The summed E-state index contributed by atoms with van der Waals surface area (Å²) in [6.45, 7) is 0. The molecule has 7 heteroatoms. The molecule has 0 bridgehead atoms. The third kappa shape index (κ3) is 1.10. The van der Waals surface area contributed by atoms with Gasteiger partial charge in [0.1, 0.15) is 10.8 Å². The summed E-state index contributed by atoms with van der Waals surface area (Å²) < 4.78 is 51.9. The molecule has 0 amide bonds. The Kier molecular flexibility index (Phi) is 2.20. The lowest BCUT2D eigenvalue weighted by Gasteiger charge is -2.04. The van der Waals surface area contributed by atoms with Crippen molar-refractivity contribution in [2.24, 2.45) is 0 Å². The zero-order chi connectivity index (χ0) is 12.2. The molecule has 0 aromatic heterocycles. The number of benzene rings is 1. The van der Waals surface area contributed by atoms with Gasteiger partial charge in [-0.3, -0.25) is 4.79 Å². The SMILES string of the molecule is O=C1C(Cl)=C(O)c2c(F)c(F)c(F)c(F)c21. The molecule has 1 aliphatic rings. The fraction of sp³-hybridized carbons (Fsp3) is 0. The zero-order valence-corrected chi connectivity index (χ0v) is 8.00. The lowest BCUT2D eigenvalue weighted by Crippen LogP contribution is -2.07. The molecule has 0 heterocycles. The van der Waals surface area contributed by atoms with Gasteiger partial charge in [0.15, 0.2) is 23.3 Å². The minimum Gasteiger partial charge on any atom is -0.505 e. The van der Waals surface area contributed by atoms with Crippen molar-refractivity contribution in [3.63, 3.8) is 0 Å². The van der Waals surface area contributed by atoms with Crippen LogP contribution in [-0.2, 0) is 0 Å². The maximum absolute atomic E-state index is 13.2. The van der Waals surface area contributed by atoms with Crippen LogP contribution in [-0.4, -0.2) is 10.9 Å². The van der Waals surface area contributed by atoms with E-state index in [9.17, 15) is 27.5 Å². The number of allylic oxidation sites excluding steroid dienone is 1. The second-order valence-corrected chi connectivity index (χ2v) is 3.38. The van der Waals surface area contributed by atoms with Crippen LogP contribution in [0.1, 0.15) is 15.9 Å². The van der Waals surface area contributed by atoms with Crippen LogP contribution >= 0.6 is 11.6 Å². The number of aliphatic hydroxyl groups excluding tert-OH is 1. The van der Waals surface area contributed by atoms with Gasteiger partial charge < -0.3 is 5.11 Å². The monoisotopic (exact) mass is 252 g/mol. The first kappa shape index (κ1) is 10.9. The summed E-state index contributed by atoms with van der Waals surface area (Å²) in [5.74, 6) is -10.3. The molecule has 0 saturated heterocycles. The van der Waals surface area contributed by atoms with Crippen LogP contribution in [0.15, 0.2) is 5.03 Å². The number of hydrogen-bond donors (Lipinski definition) is 1. The largest absolute Gasteiger partial charge is 0.505 e. The van der Waals surface area contributed by atoms with Crippen molar-refractivity contribution in [3.05, 3.63) is 39.4 Å². The fourth-order valence-corrected chi connectivity index (χ4v) is 1.58. The van der Waals surface area contributed by atoms with Crippen molar-refractivity contribution in [3.8, 4) is 0 Å². The van der Waals surface area contributed by atoms with E-state index in [1.807, 2.05) is 0 Å². The van der Waals surface area contributed by atoms with Gasteiger partial charge in [-0.15, -0.1) is 0 Å². The van der Waals surface area contributed by atoms with Gasteiger partial charge in [0.2, 0.25) is 5.78 Å². The van der Waals surface area contributed by atoms with Gasteiger partial charge >= 0.3 is 0 Å². The van der Waals surface area contributed by atoms with Crippen LogP contribution < -0.4 is 0 Å². The third-order valence-corrected chi connectivity index (χ3v) is 2.49. The molecule has 0 atom stereocenters. The average molecular weight is 253 g/mol. The van der Waals surface area contributed by atoms with Gasteiger partial charge in [-0.25, -0.2) is 17.6 Å². The van der Waals surface area contributed by atoms with Crippen LogP contribution in [0.5, 0.6) is 0 Å². The van der Waals surface area contributed by atoms with Crippen molar-refractivity contribution < 1.29 is 27.5 Å². The first-order valence-electron chi connectivity index (χ1n) is 3.87. The number of hydrogen-bond acceptors (Lipinski definition) is 2. The van der Waals surface area contributed by atoms with Gasteiger partial charge in [-0.1, -0.05) is 11.6 Å². The third-order valence-electron chi connectivity index (χ3n) is 2.14. The molecule has 0 spiro atoms. The van der Waals surface area contributed by atoms with Gasteiger partial charge in [0, 0.05) is 0 Å². The molecule has 0 radical (unpaired) electrons. The second kappa shape index (κ2) is 3.21. The number of aliphatic hydroxyl groups is 1. The van der Waals surface area contributed by atoms with E-state index >= 15 is 0 Å². The summed E-state index contributed by atoms with van der Waals surface area (Å²) >= 11 is 5.23. The minimum atomic E-state index is -2.12. The fourth-order valence-electron chi connectivity index (χ4n) is 1.39. The highest BCUT2D eigenvalue weighted by molar-refractivity contribution is 6.50. The van der Waals surface area contributed by atoms with Crippen molar-refractivity contribution in [2.75, 3.05) is 0 Å². The van der Waals surface area contributed by atoms with E-state index in [-0.39, 0.29) is 0 Å². The Morgan fingerprint density at radius 3 is 1.81 bits per heavy atom. The Labute approximate surface area is 90.8 Å². The van der Waals surface area contributed by atoms with E-state index in [2.05, 4.69) is 0 Å². The molecular weight excluding hydrogens is 252 g/mol. The molecule has 1 N–H and O–H groups in total. The smallest absolute Gasteiger partial charge is 0.212 e. The summed E-state index contributed by atoms with van der Waals surface area (Å²) in [5, 5.41) is 8.29. The summed E-state index contributed by atoms with van der Waals surface area (Å²) in [7, 11) is 0. The predicted octanol–water partition coefficient (Wildman–Crippen LogP) is 2.90. The highest BCUT2D eigenvalue weighted by atomic mass is 35.5. The number of rotatable bonds is 0. The molecule has 1 aliphatic carbocycles. The van der Waals surface area contributed by atoms with Crippen LogP contribution in [0.3, 0.4) is 0 Å². The van der Waals surface area contributed by atoms with E-state index in [1.54, 1.807) is 0 Å². The van der Waals surface area contributed by atoms with Crippen LogP contribution in [0, 0.1) is 23.3 Å². The van der Waals surface area contributed by atoms with E-state index in [0.29, 0.717) is 0 Å². The number of fused-ring (bicyclic) bond motifs is 1. The minimum absolute atomic E-state index is 0.877. The molecule has 0 unspecified atom stereocenters. The van der Waals surface area contributed by atoms with Gasteiger partial charge in [-0.05, 0) is 0 Å². The number of carbonyl (C=O) groups is 1. The molecule has 1 aromatic carbocycles. The highest BCUT2D eigenvalue weighted by Crippen LogP contribution is 2.38. The molecule has 1 aromatic rings. The Hall–Kier alpha value is -1.56. The van der Waals surface area contributed by atoms with E-state index in [4.69, 9.17) is 11.6 Å². The molecule has 2 nitrogen and oxygen atoms in total. The summed E-state index contributed by atoms with van der Waals surface area (Å²) in [6, 6.07) is 0. The average Bonchev–Trinajstić information content (AvgIpc) is 2.48. The zero-order valence-electron chi connectivity index (χ0n) is 7.25. The van der Waals surface area contributed by atoms with Crippen molar-refractivity contribution in [2.45, 2.75) is 0 Å². The maximum atomic E-state index is 13.2. The van der Waals surface area contributed by atoms with Crippen molar-refractivity contribution in [1.82, 2.24) is 0 Å². The number of carbonyl (C=O) groups excluding carboxylic acids is 1. The molecular formula is C9HClF4O2. The number of halogens is 5. The standard InChI is InChI=1S/C9HClF4O2/c10-3-8(15)1-2(9(3)16)5(12)7(14)6(13)4(1)11/h15H. The Morgan fingerprint density at radius 1 is 0.875 bits per heavy atom. The van der Waals surface area contributed by atoms with Gasteiger partial charge in [0.05, 0.1) is 11.1 Å². The Bertz CT molecular complexity index is 565. The number of Topliss-reactive ketones (excluding diaryl/α,β-unsaturated/α-hetero) is 1. The van der Waals surface area contributed by atoms with Crippen molar-refractivity contribution in [1.29, 1.82) is 0 Å². The summed E-state index contributed by atoms with van der Waals surface area (Å²) in [4.78, 5) is 11.2. The first-order chi connectivity index (χ1) is 7.37. The van der Waals surface area contributed by atoms with Crippen LogP contribution in [0.4, 0.5) is 17.6 Å². The predicted molar refractivity (Wildman–Crippen MR) is 46.0 cm³/mol. The maximum Gasteiger partial charge on any atom is 0.212 e. The first-order valence-corrected chi connectivity index (χ1v) is 4.25.